The van der Waals surface area contributed by atoms with Gasteiger partial charge in [0.25, 0.3) is 0 Å². The minimum absolute atomic E-state index is 0.0302. The van der Waals surface area contributed by atoms with E-state index >= 15 is 0 Å². The molecule has 96 valence electrons. The first-order chi connectivity index (χ1) is 7.81. The average molecular weight is 232 g/mol. The van der Waals surface area contributed by atoms with Gasteiger partial charge >= 0.3 is 0 Å². The molecule has 16 heavy (non-hydrogen) atoms. The minimum Gasteiger partial charge on any atom is -0.381 e. The summed E-state index contributed by atoms with van der Waals surface area (Å²) >= 11 is 0. The molecular weight excluding hydrogens is 208 g/mol. The van der Waals surface area contributed by atoms with Crippen LogP contribution in [0, 0.1) is 0 Å². The van der Waals surface area contributed by atoms with E-state index in [1.807, 2.05) is 0 Å². The SMILES string of the molecule is CCCCCC(=O)NCCOCCNCO. The molecule has 0 aromatic rings. The first-order valence-corrected chi connectivity index (χ1v) is 5.97. The van der Waals surface area contributed by atoms with Crippen LogP contribution >= 0.6 is 0 Å². The van der Waals surface area contributed by atoms with E-state index in [0.717, 1.165) is 19.3 Å². The van der Waals surface area contributed by atoms with Crippen molar-refractivity contribution in [3.63, 3.8) is 0 Å². The molecule has 1 amide bonds. The lowest BCUT2D eigenvalue weighted by Gasteiger charge is -2.06. The van der Waals surface area contributed by atoms with Crippen molar-refractivity contribution in [2.24, 2.45) is 0 Å². The van der Waals surface area contributed by atoms with Crippen LogP contribution in [0.2, 0.25) is 0 Å². The zero-order chi connectivity index (χ0) is 12.1. The van der Waals surface area contributed by atoms with Crippen LogP contribution in [0.4, 0.5) is 0 Å². The summed E-state index contributed by atoms with van der Waals surface area (Å²) in [5.41, 5.74) is 0. The molecule has 3 N–H and O–H groups in total. The van der Waals surface area contributed by atoms with Gasteiger partial charge in [-0.2, -0.15) is 0 Å². The third-order valence-corrected chi connectivity index (χ3v) is 2.11. The van der Waals surface area contributed by atoms with Crippen LogP contribution in [0.15, 0.2) is 0 Å². The summed E-state index contributed by atoms with van der Waals surface area (Å²) in [6.07, 6.45) is 3.81. The smallest absolute Gasteiger partial charge is 0.220 e. The van der Waals surface area contributed by atoms with Crippen LogP contribution in [0.3, 0.4) is 0 Å². The molecule has 0 atom stereocenters. The number of carbonyl (C=O) groups is 1. The summed E-state index contributed by atoms with van der Waals surface area (Å²) in [5.74, 6) is 0.102. The van der Waals surface area contributed by atoms with E-state index in [2.05, 4.69) is 17.6 Å². The highest BCUT2D eigenvalue weighted by atomic mass is 16.5. The highest BCUT2D eigenvalue weighted by molar-refractivity contribution is 5.75. The third kappa shape index (κ3) is 11.4. The van der Waals surface area contributed by atoms with Crippen LogP contribution in [-0.4, -0.2) is 44.0 Å². The molecule has 0 aliphatic carbocycles. The Bertz CT molecular complexity index is 165. The molecule has 0 rings (SSSR count). The van der Waals surface area contributed by atoms with E-state index < -0.39 is 0 Å². The number of carbonyl (C=O) groups excluding carboxylic acids is 1. The van der Waals surface area contributed by atoms with Crippen molar-refractivity contribution in [2.75, 3.05) is 33.0 Å². The number of aliphatic hydroxyl groups excluding tert-OH is 1. The van der Waals surface area contributed by atoms with Crippen molar-refractivity contribution in [3.05, 3.63) is 0 Å². The number of rotatable bonds is 11. The maximum Gasteiger partial charge on any atom is 0.220 e. The van der Waals surface area contributed by atoms with Crippen LogP contribution in [0.5, 0.6) is 0 Å². The molecule has 0 radical (unpaired) electrons. The molecule has 0 unspecified atom stereocenters. The van der Waals surface area contributed by atoms with Gasteiger partial charge in [-0.1, -0.05) is 19.8 Å². The fourth-order valence-electron chi connectivity index (χ4n) is 1.21. The lowest BCUT2D eigenvalue weighted by molar-refractivity contribution is -0.121. The Balaban J connectivity index is 3.09. The molecule has 5 heteroatoms. The van der Waals surface area contributed by atoms with Crippen molar-refractivity contribution in [2.45, 2.75) is 32.6 Å². The zero-order valence-corrected chi connectivity index (χ0v) is 10.1. The number of nitrogens with one attached hydrogen (secondary N) is 2. The predicted molar refractivity (Wildman–Crippen MR) is 63.1 cm³/mol. The topological polar surface area (TPSA) is 70.6 Å². The fraction of sp³-hybridized carbons (Fsp3) is 0.909. The van der Waals surface area contributed by atoms with E-state index in [9.17, 15) is 4.79 Å². The number of aliphatic hydroxyl groups is 1. The molecule has 0 aliphatic heterocycles. The maximum absolute atomic E-state index is 11.2. The Hall–Kier alpha value is -0.650. The van der Waals surface area contributed by atoms with Crippen LogP contribution in [-0.2, 0) is 9.53 Å². The Labute approximate surface area is 97.6 Å². The van der Waals surface area contributed by atoms with Crippen molar-refractivity contribution < 1.29 is 14.6 Å². The van der Waals surface area contributed by atoms with Gasteiger partial charge in [0, 0.05) is 19.5 Å². The third-order valence-electron chi connectivity index (χ3n) is 2.11. The Morgan fingerprint density at radius 2 is 2.00 bits per heavy atom. The highest BCUT2D eigenvalue weighted by Crippen LogP contribution is 1.97. The molecule has 0 heterocycles. The van der Waals surface area contributed by atoms with Crippen LogP contribution in [0.25, 0.3) is 0 Å². The van der Waals surface area contributed by atoms with E-state index in [1.54, 1.807) is 0 Å². The largest absolute Gasteiger partial charge is 0.381 e. The maximum atomic E-state index is 11.2. The summed E-state index contributed by atoms with van der Waals surface area (Å²) in [6, 6.07) is 0. The first kappa shape index (κ1) is 15.3. The normalized spacial score (nSPS) is 10.4. The molecule has 5 nitrogen and oxygen atoms in total. The second kappa shape index (κ2) is 12.4. The first-order valence-electron chi connectivity index (χ1n) is 5.97. The van der Waals surface area contributed by atoms with E-state index in [4.69, 9.17) is 9.84 Å². The van der Waals surface area contributed by atoms with Gasteiger partial charge in [-0.15, -0.1) is 0 Å². The Morgan fingerprint density at radius 3 is 2.69 bits per heavy atom. The lowest BCUT2D eigenvalue weighted by Crippen LogP contribution is -2.28. The monoisotopic (exact) mass is 232 g/mol. The number of amides is 1. The molecule has 0 aromatic carbocycles. The second-order valence-electron chi connectivity index (χ2n) is 3.58. The molecule has 0 fully saturated rings. The fourth-order valence-corrected chi connectivity index (χ4v) is 1.21. The van der Waals surface area contributed by atoms with Crippen molar-refractivity contribution in [1.29, 1.82) is 0 Å². The molecule has 0 spiro atoms. The van der Waals surface area contributed by atoms with Gasteiger partial charge in [0.15, 0.2) is 0 Å². The molecular formula is C11H24N2O3. The van der Waals surface area contributed by atoms with Crippen molar-refractivity contribution >= 4 is 5.91 Å². The van der Waals surface area contributed by atoms with Crippen molar-refractivity contribution in [1.82, 2.24) is 10.6 Å². The van der Waals surface area contributed by atoms with Gasteiger partial charge < -0.3 is 15.2 Å². The summed E-state index contributed by atoms with van der Waals surface area (Å²) in [6.45, 7) is 4.34. The molecule has 0 aromatic heterocycles. The van der Waals surface area contributed by atoms with Gasteiger partial charge in [-0.25, -0.2) is 0 Å². The molecule has 0 aliphatic rings. The number of hydrogen-bond donors (Lipinski definition) is 3. The Morgan fingerprint density at radius 1 is 1.25 bits per heavy atom. The molecule has 0 saturated heterocycles. The number of ether oxygens (including phenoxy) is 1. The minimum atomic E-state index is -0.0302. The summed E-state index contributed by atoms with van der Waals surface area (Å²) in [7, 11) is 0. The Kier molecular flexibility index (Phi) is 11.9. The van der Waals surface area contributed by atoms with Crippen LogP contribution in [0.1, 0.15) is 32.6 Å². The highest BCUT2D eigenvalue weighted by Gasteiger charge is 1.99. The van der Waals surface area contributed by atoms with Gasteiger partial charge in [0.2, 0.25) is 5.91 Å². The van der Waals surface area contributed by atoms with E-state index in [0.29, 0.717) is 32.7 Å². The summed E-state index contributed by atoms with van der Waals surface area (Å²) in [5, 5.41) is 13.9. The predicted octanol–water partition coefficient (Wildman–Crippen LogP) is 0.239. The molecule has 0 bridgehead atoms. The standard InChI is InChI=1S/C11H24N2O3/c1-2-3-4-5-11(15)13-7-9-16-8-6-12-10-14/h12,14H,2-10H2,1H3,(H,13,15). The van der Waals surface area contributed by atoms with Crippen LogP contribution < -0.4 is 10.6 Å². The van der Waals surface area contributed by atoms with Gasteiger partial charge in [0.1, 0.15) is 0 Å². The van der Waals surface area contributed by atoms with Gasteiger partial charge in [-0.3, -0.25) is 10.1 Å². The lowest BCUT2D eigenvalue weighted by atomic mass is 10.2. The van der Waals surface area contributed by atoms with E-state index in [-0.39, 0.29) is 12.6 Å². The van der Waals surface area contributed by atoms with E-state index in [1.165, 1.54) is 0 Å². The molecule has 0 saturated carbocycles. The number of hydrogen-bond acceptors (Lipinski definition) is 4. The average Bonchev–Trinajstić information content (AvgIpc) is 2.28. The zero-order valence-electron chi connectivity index (χ0n) is 10.1. The van der Waals surface area contributed by atoms with Gasteiger partial charge in [0.05, 0.1) is 19.9 Å². The summed E-state index contributed by atoms with van der Waals surface area (Å²) < 4.78 is 5.22. The summed E-state index contributed by atoms with van der Waals surface area (Å²) in [4.78, 5) is 11.2. The quantitative estimate of drug-likeness (QED) is 0.352. The number of unbranched alkanes of at least 4 members (excludes halogenated alkanes) is 2. The second-order valence-corrected chi connectivity index (χ2v) is 3.58. The van der Waals surface area contributed by atoms with Crippen molar-refractivity contribution in [3.8, 4) is 0 Å². The van der Waals surface area contributed by atoms with Gasteiger partial charge in [-0.05, 0) is 6.42 Å².